The van der Waals surface area contributed by atoms with Crippen molar-refractivity contribution in [1.82, 2.24) is 20.4 Å². The fourth-order valence-corrected chi connectivity index (χ4v) is 3.69. The van der Waals surface area contributed by atoms with E-state index in [1.54, 1.807) is 18.2 Å². The van der Waals surface area contributed by atoms with Gasteiger partial charge in [-0.2, -0.15) is 4.98 Å². The molecule has 0 unspecified atom stereocenters. The first-order chi connectivity index (χ1) is 14.7. The summed E-state index contributed by atoms with van der Waals surface area (Å²) in [4.78, 5) is 18.7. The third-order valence-corrected chi connectivity index (χ3v) is 5.33. The second-order valence-electron chi connectivity index (χ2n) is 7.49. The predicted molar refractivity (Wildman–Crippen MR) is 111 cm³/mol. The van der Waals surface area contributed by atoms with E-state index in [1.807, 2.05) is 0 Å². The number of nitrogens with zero attached hydrogens (tertiary/aromatic N) is 3. The summed E-state index contributed by atoms with van der Waals surface area (Å²) in [7, 11) is 0. The summed E-state index contributed by atoms with van der Waals surface area (Å²) >= 11 is 0. The summed E-state index contributed by atoms with van der Waals surface area (Å²) < 4.78 is 18.9. The molecule has 0 radical (unpaired) electrons. The Morgan fingerprint density at radius 3 is 2.80 bits per heavy atom. The molecule has 1 aromatic heterocycles. The van der Waals surface area contributed by atoms with Gasteiger partial charge in [-0.1, -0.05) is 41.6 Å². The third-order valence-electron chi connectivity index (χ3n) is 5.33. The molecular formula is C23H25FN4O2. The number of fused-ring (bicyclic) bond motifs is 1. The van der Waals surface area contributed by atoms with Crippen LogP contribution in [0.25, 0.3) is 11.4 Å². The highest BCUT2D eigenvalue weighted by Crippen LogP contribution is 2.20. The van der Waals surface area contributed by atoms with Crippen molar-refractivity contribution >= 4 is 5.91 Å². The number of carbonyl (C=O) groups excluding carboxylic acids is 1. The molecule has 0 bridgehead atoms. The summed E-state index contributed by atoms with van der Waals surface area (Å²) in [5.41, 5.74) is 3.14. The zero-order valence-corrected chi connectivity index (χ0v) is 16.8. The summed E-state index contributed by atoms with van der Waals surface area (Å²) in [6.07, 6.45) is 2.58. The Kier molecular flexibility index (Phi) is 6.49. The number of carbonyl (C=O) groups is 1. The lowest BCUT2D eigenvalue weighted by Crippen LogP contribution is -2.33. The number of rotatable bonds is 8. The molecule has 30 heavy (non-hydrogen) atoms. The van der Waals surface area contributed by atoms with Crippen LogP contribution in [0, 0.1) is 5.82 Å². The maximum Gasteiger partial charge on any atom is 0.227 e. The van der Waals surface area contributed by atoms with E-state index in [4.69, 9.17) is 4.52 Å². The van der Waals surface area contributed by atoms with Gasteiger partial charge in [-0.3, -0.25) is 9.69 Å². The molecule has 4 rings (SSSR count). The Morgan fingerprint density at radius 1 is 1.13 bits per heavy atom. The smallest absolute Gasteiger partial charge is 0.227 e. The van der Waals surface area contributed by atoms with Crippen LogP contribution in [0.4, 0.5) is 4.39 Å². The van der Waals surface area contributed by atoms with Crippen molar-refractivity contribution in [3.63, 3.8) is 0 Å². The highest BCUT2D eigenvalue weighted by atomic mass is 19.1. The average Bonchev–Trinajstić information content (AvgIpc) is 3.24. The van der Waals surface area contributed by atoms with Crippen molar-refractivity contribution in [2.75, 3.05) is 19.6 Å². The quantitative estimate of drug-likeness (QED) is 0.579. The first kappa shape index (κ1) is 20.2. The number of amides is 1. The zero-order valence-electron chi connectivity index (χ0n) is 16.8. The molecular weight excluding hydrogens is 383 g/mol. The van der Waals surface area contributed by atoms with Crippen LogP contribution in [0.1, 0.15) is 29.9 Å². The molecule has 0 spiro atoms. The molecule has 0 saturated heterocycles. The maximum absolute atomic E-state index is 13.8. The van der Waals surface area contributed by atoms with Crippen LogP contribution in [0.3, 0.4) is 0 Å². The second-order valence-corrected chi connectivity index (χ2v) is 7.49. The second kappa shape index (κ2) is 9.63. The molecule has 2 heterocycles. The zero-order chi connectivity index (χ0) is 20.8. The largest absolute Gasteiger partial charge is 0.356 e. The lowest BCUT2D eigenvalue weighted by Gasteiger charge is -2.28. The van der Waals surface area contributed by atoms with E-state index in [9.17, 15) is 9.18 Å². The highest BCUT2D eigenvalue weighted by Gasteiger charge is 2.16. The van der Waals surface area contributed by atoms with Gasteiger partial charge in [-0.15, -0.1) is 0 Å². The van der Waals surface area contributed by atoms with Gasteiger partial charge in [0.25, 0.3) is 0 Å². The van der Waals surface area contributed by atoms with E-state index in [1.165, 1.54) is 17.2 Å². The molecule has 1 aliphatic rings. The van der Waals surface area contributed by atoms with E-state index in [-0.39, 0.29) is 23.7 Å². The van der Waals surface area contributed by atoms with Crippen molar-refractivity contribution in [1.29, 1.82) is 0 Å². The van der Waals surface area contributed by atoms with Gasteiger partial charge in [0.15, 0.2) is 0 Å². The maximum atomic E-state index is 13.8. The molecule has 0 atom stereocenters. The molecule has 156 valence electrons. The molecule has 2 aromatic carbocycles. The summed E-state index contributed by atoms with van der Waals surface area (Å²) in [6, 6.07) is 14.8. The fraction of sp³-hybridized carbons (Fsp3) is 0.348. The molecule has 1 N–H and O–H groups in total. The Labute approximate surface area is 175 Å². The lowest BCUT2D eigenvalue weighted by atomic mass is 10.00. The van der Waals surface area contributed by atoms with Crippen LogP contribution in [0.5, 0.6) is 0 Å². The van der Waals surface area contributed by atoms with Crippen molar-refractivity contribution < 1.29 is 13.7 Å². The van der Waals surface area contributed by atoms with Gasteiger partial charge in [-0.05, 0) is 36.1 Å². The van der Waals surface area contributed by atoms with Crippen molar-refractivity contribution in [3.8, 4) is 11.4 Å². The van der Waals surface area contributed by atoms with Crippen molar-refractivity contribution in [2.24, 2.45) is 0 Å². The standard InChI is InChI=1S/C23H25FN4O2/c24-20-9-4-3-8-19(20)23-26-22(30-27-23)11-10-21(29)25-13-5-14-28-15-12-17-6-1-2-7-18(17)16-28/h1-4,6-9H,5,10-16H2,(H,25,29). The van der Waals surface area contributed by atoms with Gasteiger partial charge >= 0.3 is 0 Å². The van der Waals surface area contributed by atoms with Crippen molar-refractivity contribution in [3.05, 3.63) is 71.4 Å². The number of benzene rings is 2. The molecule has 6 nitrogen and oxygen atoms in total. The Bertz CT molecular complexity index is 1000. The van der Waals surface area contributed by atoms with Crippen molar-refractivity contribution in [2.45, 2.75) is 32.2 Å². The van der Waals surface area contributed by atoms with Crippen LogP contribution in [0.15, 0.2) is 53.1 Å². The Hall–Kier alpha value is -3.06. The first-order valence-electron chi connectivity index (χ1n) is 10.3. The Morgan fingerprint density at radius 2 is 1.93 bits per heavy atom. The molecule has 0 fully saturated rings. The average molecular weight is 408 g/mol. The van der Waals surface area contributed by atoms with Gasteiger partial charge in [0.2, 0.25) is 17.6 Å². The van der Waals surface area contributed by atoms with E-state index in [2.05, 4.69) is 44.6 Å². The molecule has 1 aliphatic heterocycles. The molecule has 0 aliphatic carbocycles. The predicted octanol–water partition coefficient (Wildman–Crippen LogP) is 3.37. The summed E-state index contributed by atoms with van der Waals surface area (Å²) in [5.74, 6) is 0.0754. The Balaban J connectivity index is 1.15. The van der Waals surface area contributed by atoms with Crippen LogP contribution in [0.2, 0.25) is 0 Å². The number of aryl methyl sites for hydroxylation is 1. The van der Waals surface area contributed by atoms with Gasteiger partial charge in [0.1, 0.15) is 5.82 Å². The van der Waals surface area contributed by atoms with E-state index >= 15 is 0 Å². The van der Waals surface area contributed by atoms with E-state index < -0.39 is 5.82 Å². The molecule has 0 saturated carbocycles. The van der Waals surface area contributed by atoms with Gasteiger partial charge < -0.3 is 9.84 Å². The monoisotopic (exact) mass is 408 g/mol. The van der Waals surface area contributed by atoms with Gasteiger partial charge in [0, 0.05) is 39.0 Å². The van der Waals surface area contributed by atoms with E-state index in [0.29, 0.717) is 18.9 Å². The van der Waals surface area contributed by atoms with E-state index in [0.717, 1.165) is 32.5 Å². The topological polar surface area (TPSA) is 71.3 Å². The normalized spacial score (nSPS) is 13.8. The van der Waals surface area contributed by atoms with Crippen LogP contribution in [-0.2, 0) is 24.2 Å². The SMILES string of the molecule is O=C(CCc1nc(-c2ccccc2F)no1)NCCCN1CCc2ccccc2C1. The van der Waals surface area contributed by atoms with Gasteiger partial charge in [0.05, 0.1) is 5.56 Å². The number of aromatic nitrogens is 2. The van der Waals surface area contributed by atoms with Crippen LogP contribution < -0.4 is 5.32 Å². The van der Waals surface area contributed by atoms with Gasteiger partial charge in [-0.25, -0.2) is 4.39 Å². The number of hydrogen-bond acceptors (Lipinski definition) is 5. The molecule has 3 aromatic rings. The number of nitrogens with one attached hydrogen (secondary N) is 1. The minimum Gasteiger partial charge on any atom is -0.356 e. The number of halogens is 1. The summed E-state index contributed by atoms with van der Waals surface area (Å²) in [6.45, 7) is 3.64. The number of hydrogen-bond donors (Lipinski definition) is 1. The highest BCUT2D eigenvalue weighted by molar-refractivity contribution is 5.76. The molecule has 7 heteroatoms. The minimum absolute atomic E-state index is 0.0513. The fourth-order valence-electron chi connectivity index (χ4n) is 3.69. The molecule has 1 amide bonds. The minimum atomic E-state index is -0.403. The van der Waals surface area contributed by atoms with Crippen LogP contribution >= 0.6 is 0 Å². The van der Waals surface area contributed by atoms with Crippen LogP contribution in [-0.4, -0.2) is 40.6 Å². The first-order valence-corrected chi connectivity index (χ1v) is 10.3. The summed E-state index contributed by atoms with van der Waals surface area (Å²) in [5, 5.41) is 6.75. The lowest BCUT2D eigenvalue weighted by molar-refractivity contribution is -0.121. The third kappa shape index (κ3) is 5.10.